The summed E-state index contributed by atoms with van der Waals surface area (Å²) >= 11 is 8.21. The molecule has 0 radical (unpaired) electrons. The van der Waals surface area contributed by atoms with Crippen LogP contribution in [0.4, 0.5) is 0 Å². The maximum atomic E-state index is 12.1. The molecule has 1 aliphatic carbocycles. The summed E-state index contributed by atoms with van der Waals surface area (Å²) in [6, 6.07) is 4.41. The quantitative estimate of drug-likeness (QED) is 0.738. The third-order valence-electron chi connectivity index (χ3n) is 2.89. The monoisotopic (exact) mass is 328 g/mol. The van der Waals surface area contributed by atoms with Crippen LogP contribution < -0.4 is 11.1 Å². The highest BCUT2D eigenvalue weighted by Crippen LogP contribution is 2.33. The van der Waals surface area contributed by atoms with Gasteiger partial charge in [-0.25, -0.2) is 0 Å². The zero-order valence-electron chi connectivity index (χ0n) is 9.52. The molecule has 4 N–H and O–H groups in total. The Kier molecular flexibility index (Phi) is 3.87. The summed E-state index contributed by atoms with van der Waals surface area (Å²) in [6.45, 7) is 0. The predicted octanol–water partition coefficient (Wildman–Crippen LogP) is 1.95. The van der Waals surface area contributed by atoms with Crippen LogP contribution in [0.2, 0.25) is 0 Å². The van der Waals surface area contributed by atoms with Crippen molar-refractivity contribution < 1.29 is 9.90 Å². The molecule has 1 unspecified atom stereocenters. The smallest absolute Gasteiger partial charge is 0.255 e. The number of thiocarbonyl (C=S) groups is 1. The highest BCUT2D eigenvalue weighted by molar-refractivity contribution is 9.10. The van der Waals surface area contributed by atoms with E-state index in [1.807, 2.05) is 0 Å². The Morgan fingerprint density at radius 2 is 2.22 bits per heavy atom. The van der Waals surface area contributed by atoms with Crippen LogP contribution in [0.15, 0.2) is 22.7 Å². The maximum absolute atomic E-state index is 12.1. The fraction of sp³-hybridized carbons (Fsp3) is 0.333. The van der Waals surface area contributed by atoms with E-state index in [2.05, 4.69) is 21.2 Å². The number of phenols is 1. The molecular formula is C12H13BrN2O2S. The summed E-state index contributed by atoms with van der Waals surface area (Å²) in [5.74, 6) is -0.0903. The minimum Gasteiger partial charge on any atom is -0.507 e. The standard InChI is InChI=1S/C12H13BrN2O2S/c13-7-3-4-9(16)8(5-7)12(17)15-10(11(14)18)6-1-2-6/h3-6,10,16H,1-2H2,(H2,14,18)(H,15,17). The molecule has 1 aromatic rings. The molecule has 1 aromatic carbocycles. The van der Waals surface area contributed by atoms with Gasteiger partial charge in [0.25, 0.3) is 5.91 Å². The van der Waals surface area contributed by atoms with Gasteiger partial charge in [0.2, 0.25) is 0 Å². The average Bonchev–Trinajstić information content (AvgIpc) is 3.12. The second-order valence-electron chi connectivity index (χ2n) is 4.35. The Hall–Kier alpha value is -1.14. The number of carbonyl (C=O) groups is 1. The molecule has 1 aliphatic rings. The van der Waals surface area contributed by atoms with Crippen LogP contribution >= 0.6 is 28.1 Å². The fourth-order valence-electron chi connectivity index (χ4n) is 1.76. The van der Waals surface area contributed by atoms with Gasteiger partial charge >= 0.3 is 0 Å². The summed E-state index contributed by atoms with van der Waals surface area (Å²) in [4.78, 5) is 12.3. The van der Waals surface area contributed by atoms with Gasteiger partial charge in [0.05, 0.1) is 16.6 Å². The van der Waals surface area contributed by atoms with Crippen LogP contribution in [-0.4, -0.2) is 22.0 Å². The number of nitrogens with two attached hydrogens (primary N) is 1. The number of halogens is 1. The number of hydrogen-bond acceptors (Lipinski definition) is 3. The predicted molar refractivity (Wildman–Crippen MR) is 76.6 cm³/mol. The van der Waals surface area contributed by atoms with Crippen LogP contribution in [0.3, 0.4) is 0 Å². The van der Waals surface area contributed by atoms with Gasteiger partial charge in [0, 0.05) is 4.47 Å². The van der Waals surface area contributed by atoms with Crippen LogP contribution in [0, 0.1) is 5.92 Å². The number of phenolic OH excluding ortho intramolecular Hbond substituents is 1. The summed E-state index contributed by atoms with van der Waals surface area (Å²) < 4.78 is 0.726. The SMILES string of the molecule is NC(=S)C(NC(=O)c1cc(Br)ccc1O)C1CC1. The van der Waals surface area contributed by atoms with E-state index in [-0.39, 0.29) is 23.3 Å². The zero-order valence-corrected chi connectivity index (χ0v) is 11.9. The van der Waals surface area contributed by atoms with E-state index in [0.717, 1.165) is 17.3 Å². The first-order valence-electron chi connectivity index (χ1n) is 5.57. The number of carbonyl (C=O) groups excluding carboxylic acids is 1. The van der Waals surface area contributed by atoms with Crippen LogP contribution in [0.25, 0.3) is 0 Å². The van der Waals surface area contributed by atoms with Crippen molar-refractivity contribution in [3.63, 3.8) is 0 Å². The van der Waals surface area contributed by atoms with Crippen molar-refractivity contribution in [3.8, 4) is 5.75 Å². The third kappa shape index (κ3) is 3.00. The van der Waals surface area contributed by atoms with Gasteiger partial charge in [-0.15, -0.1) is 0 Å². The molecule has 0 aromatic heterocycles. The minimum atomic E-state index is -0.362. The van der Waals surface area contributed by atoms with Gasteiger partial charge in [-0.2, -0.15) is 0 Å². The largest absolute Gasteiger partial charge is 0.507 e. The van der Waals surface area contributed by atoms with Gasteiger partial charge < -0.3 is 16.2 Å². The first kappa shape index (κ1) is 13.3. The van der Waals surface area contributed by atoms with E-state index >= 15 is 0 Å². The van der Waals surface area contributed by atoms with Gasteiger partial charge in [0.15, 0.2) is 0 Å². The molecule has 1 fully saturated rings. The van der Waals surface area contributed by atoms with Crippen molar-refractivity contribution in [1.82, 2.24) is 5.32 Å². The molecule has 0 bridgehead atoms. The van der Waals surface area contributed by atoms with E-state index in [0.29, 0.717) is 10.9 Å². The highest BCUT2D eigenvalue weighted by Gasteiger charge is 2.34. The Bertz CT molecular complexity index is 503. The molecule has 1 saturated carbocycles. The summed E-state index contributed by atoms with van der Waals surface area (Å²) in [5, 5.41) is 12.4. The van der Waals surface area contributed by atoms with Gasteiger partial charge in [-0.05, 0) is 37.0 Å². The van der Waals surface area contributed by atoms with Crippen molar-refractivity contribution in [2.75, 3.05) is 0 Å². The molecule has 1 atom stereocenters. The van der Waals surface area contributed by atoms with Crippen molar-refractivity contribution in [1.29, 1.82) is 0 Å². The summed E-state index contributed by atoms with van der Waals surface area (Å²) in [6.07, 6.45) is 2.04. The van der Waals surface area contributed by atoms with Crippen molar-refractivity contribution >= 4 is 39.0 Å². The van der Waals surface area contributed by atoms with E-state index in [1.54, 1.807) is 12.1 Å². The van der Waals surface area contributed by atoms with E-state index in [1.165, 1.54) is 6.07 Å². The molecule has 0 saturated heterocycles. The third-order valence-corrected chi connectivity index (χ3v) is 3.64. The second-order valence-corrected chi connectivity index (χ2v) is 5.74. The lowest BCUT2D eigenvalue weighted by molar-refractivity contribution is 0.0941. The van der Waals surface area contributed by atoms with E-state index in [4.69, 9.17) is 18.0 Å². The number of nitrogens with one attached hydrogen (secondary N) is 1. The molecule has 4 nitrogen and oxygen atoms in total. The average molecular weight is 329 g/mol. The second kappa shape index (κ2) is 5.24. The molecule has 0 aliphatic heterocycles. The molecule has 1 amide bonds. The zero-order chi connectivity index (χ0) is 13.3. The summed E-state index contributed by atoms with van der Waals surface area (Å²) in [7, 11) is 0. The number of hydrogen-bond donors (Lipinski definition) is 3. The lowest BCUT2D eigenvalue weighted by Gasteiger charge is -2.17. The molecular weight excluding hydrogens is 316 g/mol. The van der Waals surface area contributed by atoms with Gasteiger partial charge in [-0.3, -0.25) is 4.79 Å². The molecule has 18 heavy (non-hydrogen) atoms. The van der Waals surface area contributed by atoms with E-state index in [9.17, 15) is 9.90 Å². The molecule has 0 spiro atoms. The van der Waals surface area contributed by atoms with Crippen molar-refractivity contribution in [3.05, 3.63) is 28.2 Å². The van der Waals surface area contributed by atoms with Gasteiger partial charge in [-0.1, -0.05) is 28.1 Å². The Balaban J connectivity index is 2.15. The first-order valence-corrected chi connectivity index (χ1v) is 6.78. The lowest BCUT2D eigenvalue weighted by atomic mass is 10.1. The number of rotatable bonds is 4. The Morgan fingerprint density at radius 1 is 1.56 bits per heavy atom. The lowest BCUT2D eigenvalue weighted by Crippen LogP contribution is -2.45. The Labute approximate surface area is 119 Å². The van der Waals surface area contributed by atoms with Crippen LogP contribution in [0.1, 0.15) is 23.2 Å². The molecule has 0 heterocycles. The topological polar surface area (TPSA) is 75.3 Å². The van der Waals surface area contributed by atoms with Crippen molar-refractivity contribution in [2.24, 2.45) is 11.7 Å². The molecule has 6 heteroatoms. The van der Waals surface area contributed by atoms with E-state index < -0.39 is 0 Å². The Morgan fingerprint density at radius 3 is 2.78 bits per heavy atom. The van der Waals surface area contributed by atoms with Crippen LogP contribution in [-0.2, 0) is 0 Å². The normalized spacial score (nSPS) is 16.1. The first-order chi connectivity index (χ1) is 8.49. The fourth-order valence-corrected chi connectivity index (χ4v) is 2.37. The number of amides is 1. The molecule has 2 rings (SSSR count). The maximum Gasteiger partial charge on any atom is 0.255 e. The molecule has 96 valence electrons. The van der Waals surface area contributed by atoms with Crippen molar-refractivity contribution in [2.45, 2.75) is 18.9 Å². The number of benzene rings is 1. The summed E-state index contributed by atoms with van der Waals surface area (Å²) in [5.41, 5.74) is 5.83. The highest BCUT2D eigenvalue weighted by atomic mass is 79.9. The number of aromatic hydroxyl groups is 1. The minimum absolute atomic E-state index is 0.0619. The van der Waals surface area contributed by atoms with Gasteiger partial charge in [0.1, 0.15) is 5.75 Å². The van der Waals surface area contributed by atoms with Crippen LogP contribution in [0.5, 0.6) is 5.75 Å².